The zero-order chi connectivity index (χ0) is 11.7. The molecule has 17 heavy (non-hydrogen) atoms. The van der Waals surface area contributed by atoms with Gasteiger partial charge in [-0.2, -0.15) is 0 Å². The molecule has 0 radical (unpaired) electrons. The topological polar surface area (TPSA) is 36.6 Å². The molecule has 2 fully saturated rings. The van der Waals surface area contributed by atoms with E-state index in [9.17, 15) is 5.11 Å². The molecule has 1 aromatic heterocycles. The van der Waals surface area contributed by atoms with Gasteiger partial charge in [0.15, 0.2) is 0 Å². The van der Waals surface area contributed by atoms with Gasteiger partial charge in [-0.15, -0.1) is 0 Å². The van der Waals surface area contributed by atoms with Crippen molar-refractivity contribution in [3.05, 3.63) is 24.2 Å². The first-order valence-electron chi connectivity index (χ1n) is 6.81. The molecule has 0 spiro atoms. The molecule has 2 aliphatic carbocycles. The van der Waals surface area contributed by atoms with Crippen molar-refractivity contribution in [2.24, 2.45) is 0 Å². The van der Waals surface area contributed by atoms with E-state index < -0.39 is 0 Å². The van der Waals surface area contributed by atoms with E-state index in [4.69, 9.17) is 4.42 Å². The van der Waals surface area contributed by atoms with Crippen molar-refractivity contribution in [2.75, 3.05) is 0 Å². The average molecular weight is 235 g/mol. The SMILES string of the molecule is O[C@@H]1CCCC[C@H]1N(Cc1ccco1)C1CC1. The summed E-state index contributed by atoms with van der Waals surface area (Å²) in [7, 11) is 0. The van der Waals surface area contributed by atoms with Gasteiger partial charge in [0, 0.05) is 12.1 Å². The van der Waals surface area contributed by atoms with Gasteiger partial charge in [0.25, 0.3) is 0 Å². The lowest BCUT2D eigenvalue weighted by Gasteiger charge is -2.37. The van der Waals surface area contributed by atoms with Crippen LogP contribution in [0, 0.1) is 0 Å². The van der Waals surface area contributed by atoms with Crippen LogP contribution < -0.4 is 0 Å². The highest BCUT2D eigenvalue weighted by atomic mass is 16.3. The Hall–Kier alpha value is -0.800. The second-order valence-corrected chi connectivity index (χ2v) is 5.40. The van der Waals surface area contributed by atoms with Gasteiger partial charge < -0.3 is 9.52 Å². The smallest absolute Gasteiger partial charge is 0.117 e. The predicted octanol–water partition coefficient (Wildman–Crippen LogP) is 2.55. The van der Waals surface area contributed by atoms with Crippen LogP contribution in [0.25, 0.3) is 0 Å². The Morgan fingerprint density at radius 2 is 2.06 bits per heavy atom. The Labute approximate surface area is 102 Å². The third-order valence-corrected chi connectivity index (χ3v) is 4.05. The molecule has 2 aliphatic rings. The van der Waals surface area contributed by atoms with Crippen LogP contribution in [-0.4, -0.2) is 28.2 Å². The Morgan fingerprint density at radius 1 is 1.24 bits per heavy atom. The Kier molecular flexibility index (Phi) is 3.21. The monoisotopic (exact) mass is 235 g/mol. The van der Waals surface area contributed by atoms with Crippen molar-refractivity contribution in [2.45, 2.75) is 63.3 Å². The number of aliphatic hydroxyl groups excluding tert-OH is 1. The first-order valence-corrected chi connectivity index (χ1v) is 6.81. The number of hydrogen-bond donors (Lipinski definition) is 1. The molecule has 3 rings (SSSR count). The number of rotatable bonds is 4. The molecule has 94 valence electrons. The number of aliphatic hydroxyl groups is 1. The number of furan rings is 1. The van der Waals surface area contributed by atoms with Gasteiger partial charge in [0.1, 0.15) is 5.76 Å². The standard InChI is InChI=1S/C14H21NO2/c16-14-6-2-1-5-13(14)15(11-7-8-11)10-12-4-3-9-17-12/h3-4,9,11,13-14,16H,1-2,5-8,10H2/t13-,14-/m1/s1. The summed E-state index contributed by atoms with van der Waals surface area (Å²) >= 11 is 0. The molecule has 1 N–H and O–H groups in total. The van der Waals surface area contributed by atoms with Gasteiger partial charge in [-0.1, -0.05) is 12.8 Å². The lowest BCUT2D eigenvalue weighted by Crippen LogP contribution is -2.46. The van der Waals surface area contributed by atoms with E-state index in [1.807, 2.05) is 12.1 Å². The predicted molar refractivity (Wildman–Crippen MR) is 65.5 cm³/mol. The third kappa shape index (κ3) is 2.55. The lowest BCUT2D eigenvalue weighted by atomic mass is 9.91. The summed E-state index contributed by atoms with van der Waals surface area (Å²) in [4.78, 5) is 2.47. The maximum absolute atomic E-state index is 10.2. The Morgan fingerprint density at radius 3 is 2.71 bits per heavy atom. The quantitative estimate of drug-likeness (QED) is 0.871. The van der Waals surface area contributed by atoms with E-state index >= 15 is 0 Å². The molecule has 1 aromatic rings. The highest BCUT2D eigenvalue weighted by molar-refractivity contribution is 5.02. The first kappa shape index (κ1) is 11.3. The summed E-state index contributed by atoms with van der Waals surface area (Å²) in [6, 6.07) is 5.00. The normalized spacial score (nSPS) is 29.8. The molecule has 0 amide bonds. The molecule has 0 saturated heterocycles. The minimum atomic E-state index is -0.140. The molecule has 1 heterocycles. The van der Waals surface area contributed by atoms with E-state index in [1.165, 1.54) is 25.7 Å². The highest BCUT2D eigenvalue weighted by Gasteiger charge is 2.38. The highest BCUT2D eigenvalue weighted by Crippen LogP contribution is 2.35. The minimum Gasteiger partial charge on any atom is -0.468 e. The Bertz CT molecular complexity index is 345. The summed E-state index contributed by atoms with van der Waals surface area (Å²) in [6.45, 7) is 0.861. The van der Waals surface area contributed by atoms with E-state index in [1.54, 1.807) is 6.26 Å². The number of nitrogens with zero attached hydrogens (tertiary/aromatic N) is 1. The summed E-state index contributed by atoms with van der Waals surface area (Å²) in [5, 5.41) is 10.2. The molecule has 2 saturated carbocycles. The van der Waals surface area contributed by atoms with Crippen LogP contribution in [0.1, 0.15) is 44.3 Å². The van der Waals surface area contributed by atoms with Gasteiger partial charge in [0.2, 0.25) is 0 Å². The molecule has 3 heteroatoms. The van der Waals surface area contributed by atoms with Crippen LogP contribution >= 0.6 is 0 Å². The van der Waals surface area contributed by atoms with Crippen molar-refractivity contribution in [3.8, 4) is 0 Å². The fraction of sp³-hybridized carbons (Fsp3) is 0.714. The van der Waals surface area contributed by atoms with Crippen LogP contribution in [0.5, 0.6) is 0 Å². The fourth-order valence-electron chi connectivity index (χ4n) is 2.98. The van der Waals surface area contributed by atoms with E-state index in [2.05, 4.69) is 4.90 Å². The summed E-state index contributed by atoms with van der Waals surface area (Å²) < 4.78 is 5.44. The van der Waals surface area contributed by atoms with Crippen LogP contribution in [0.4, 0.5) is 0 Å². The molecular formula is C14H21NO2. The van der Waals surface area contributed by atoms with E-state index in [0.717, 1.165) is 25.1 Å². The summed E-state index contributed by atoms with van der Waals surface area (Å²) in [6.07, 6.45) is 8.69. The van der Waals surface area contributed by atoms with Crippen molar-refractivity contribution in [1.29, 1.82) is 0 Å². The van der Waals surface area contributed by atoms with Crippen LogP contribution in [0.15, 0.2) is 22.8 Å². The van der Waals surface area contributed by atoms with E-state index in [0.29, 0.717) is 12.1 Å². The molecule has 0 bridgehead atoms. The van der Waals surface area contributed by atoms with Crippen molar-refractivity contribution < 1.29 is 9.52 Å². The van der Waals surface area contributed by atoms with E-state index in [-0.39, 0.29) is 6.10 Å². The summed E-state index contributed by atoms with van der Waals surface area (Å²) in [5.41, 5.74) is 0. The first-order chi connectivity index (χ1) is 8.34. The summed E-state index contributed by atoms with van der Waals surface area (Å²) in [5.74, 6) is 1.02. The fourth-order valence-corrected chi connectivity index (χ4v) is 2.98. The zero-order valence-corrected chi connectivity index (χ0v) is 10.2. The molecular weight excluding hydrogens is 214 g/mol. The zero-order valence-electron chi connectivity index (χ0n) is 10.2. The van der Waals surface area contributed by atoms with Crippen LogP contribution in [0.3, 0.4) is 0 Å². The van der Waals surface area contributed by atoms with Gasteiger partial charge in [-0.3, -0.25) is 4.90 Å². The van der Waals surface area contributed by atoms with Crippen molar-refractivity contribution in [1.82, 2.24) is 4.90 Å². The van der Waals surface area contributed by atoms with Gasteiger partial charge in [0.05, 0.1) is 18.9 Å². The van der Waals surface area contributed by atoms with Gasteiger partial charge in [-0.05, 0) is 37.8 Å². The molecule has 3 nitrogen and oxygen atoms in total. The van der Waals surface area contributed by atoms with Gasteiger partial charge >= 0.3 is 0 Å². The largest absolute Gasteiger partial charge is 0.468 e. The molecule has 0 aliphatic heterocycles. The van der Waals surface area contributed by atoms with Crippen LogP contribution in [0.2, 0.25) is 0 Å². The maximum atomic E-state index is 10.2. The van der Waals surface area contributed by atoms with Crippen molar-refractivity contribution >= 4 is 0 Å². The van der Waals surface area contributed by atoms with Crippen molar-refractivity contribution in [3.63, 3.8) is 0 Å². The molecule has 2 atom stereocenters. The lowest BCUT2D eigenvalue weighted by molar-refractivity contribution is 0.00833. The number of hydrogen-bond acceptors (Lipinski definition) is 3. The van der Waals surface area contributed by atoms with Crippen LogP contribution in [-0.2, 0) is 6.54 Å². The molecule has 0 unspecified atom stereocenters. The second kappa shape index (κ2) is 4.83. The second-order valence-electron chi connectivity index (χ2n) is 5.40. The average Bonchev–Trinajstić information content (AvgIpc) is 3.05. The van der Waals surface area contributed by atoms with Gasteiger partial charge in [-0.25, -0.2) is 0 Å². The maximum Gasteiger partial charge on any atom is 0.117 e. The third-order valence-electron chi connectivity index (χ3n) is 4.05. The Balaban J connectivity index is 1.70. The minimum absolute atomic E-state index is 0.140. The molecule has 0 aromatic carbocycles.